The lowest BCUT2D eigenvalue weighted by Crippen LogP contribution is -2.37. The predicted octanol–water partition coefficient (Wildman–Crippen LogP) is 4.28. The molecule has 0 radical (unpaired) electrons. The minimum atomic E-state index is -3.25. The summed E-state index contributed by atoms with van der Waals surface area (Å²) >= 11 is 0. The highest BCUT2D eigenvalue weighted by Crippen LogP contribution is 2.45. The molecule has 0 amide bonds. The first kappa shape index (κ1) is 21.5. The van der Waals surface area contributed by atoms with Crippen molar-refractivity contribution in [1.82, 2.24) is 4.57 Å². The summed E-state index contributed by atoms with van der Waals surface area (Å²) in [6.45, 7) is 3.73. The molecule has 2 saturated heterocycles. The predicted molar refractivity (Wildman–Crippen MR) is 134 cm³/mol. The van der Waals surface area contributed by atoms with E-state index in [9.17, 15) is 13.7 Å². The maximum absolute atomic E-state index is 12.5. The van der Waals surface area contributed by atoms with Gasteiger partial charge in [0.1, 0.15) is 6.07 Å². The van der Waals surface area contributed by atoms with Gasteiger partial charge in [-0.05, 0) is 61.6 Å². The number of fused-ring (bicyclic) bond motifs is 1. The third kappa shape index (κ3) is 3.64. The Morgan fingerprint density at radius 3 is 2.35 bits per heavy atom. The van der Waals surface area contributed by atoms with Crippen LogP contribution in [0.5, 0.6) is 0 Å². The van der Waals surface area contributed by atoms with E-state index in [1.165, 1.54) is 4.31 Å². The Hall–Kier alpha value is -3.02. The first-order valence-electron chi connectivity index (χ1n) is 12.1. The molecule has 8 heteroatoms. The van der Waals surface area contributed by atoms with Crippen molar-refractivity contribution in [2.24, 2.45) is 0 Å². The maximum atomic E-state index is 12.5. The van der Waals surface area contributed by atoms with Gasteiger partial charge in [0.05, 0.1) is 41.4 Å². The van der Waals surface area contributed by atoms with Gasteiger partial charge < -0.3 is 14.2 Å². The van der Waals surface area contributed by atoms with Gasteiger partial charge in [0.2, 0.25) is 10.0 Å². The largest absolute Gasteiger partial charge is 0.378 e. The molecule has 1 aliphatic carbocycles. The molecule has 0 spiro atoms. The van der Waals surface area contributed by atoms with Crippen LogP contribution in [0.2, 0.25) is 0 Å². The number of nitriles is 1. The Morgan fingerprint density at radius 1 is 0.941 bits per heavy atom. The summed E-state index contributed by atoms with van der Waals surface area (Å²) in [5.41, 5.74) is 5.54. The zero-order valence-electron chi connectivity index (χ0n) is 19.1. The molecule has 3 fully saturated rings. The SMILES string of the molecule is N#Cc1c(-c2ccc(N3CCCCS3(=O)=O)cc2)n(C2CC2)c2cc(N3CCOCC3)ccc12. The smallest absolute Gasteiger partial charge is 0.235 e. The van der Waals surface area contributed by atoms with Crippen LogP contribution < -0.4 is 9.21 Å². The number of aromatic nitrogens is 1. The summed E-state index contributed by atoms with van der Waals surface area (Å²) in [7, 11) is -3.25. The number of sulfonamides is 1. The second kappa shape index (κ2) is 8.33. The van der Waals surface area contributed by atoms with Crippen molar-refractivity contribution in [2.45, 2.75) is 31.7 Å². The normalized spacial score (nSPS) is 20.4. The Morgan fingerprint density at radius 2 is 1.68 bits per heavy atom. The van der Waals surface area contributed by atoms with Crippen LogP contribution in [-0.2, 0) is 14.8 Å². The number of nitrogens with zero attached hydrogens (tertiary/aromatic N) is 4. The quantitative estimate of drug-likeness (QED) is 0.562. The number of morpholine rings is 1. The number of benzene rings is 2. The molecule has 6 rings (SSSR count). The number of hydrogen-bond donors (Lipinski definition) is 0. The van der Waals surface area contributed by atoms with E-state index in [0.717, 1.165) is 79.8 Å². The van der Waals surface area contributed by atoms with Crippen molar-refractivity contribution < 1.29 is 13.2 Å². The van der Waals surface area contributed by atoms with Crippen LogP contribution in [0, 0.1) is 11.3 Å². The fraction of sp³-hybridized carbons (Fsp3) is 0.423. The van der Waals surface area contributed by atoms with Crippen molar-refractivity contribution in [3.8, 4) is 17.3 Å². The summed E-state index contributed by atoms with van der Waals surface area (Å²) in [4.78, 5) is 2.34. The lowest BCUT2D eigenvalue weighted by atomic mass is 10.1. The minimum absolute atomic E-state index is 0.203. The van der Waals surface area contributed by atoms with Crippen LogP contribution in [0.1, 0.15) is 37.3 Å². The van der Waals surface area contributed by atoms with Crippen LogP contribution in [0.15, 0.2) is 42.5 Å². The van der Waals surface area contributed by atoms with Crippen LogP contribution in [0.3, 0.4) is 0 Å². The molecule has 1 aromatic heterocycles. The number of anilines is 2. The Balaban J connectivity index is 1.45. The van der Waals surface area contributed by atoms with Crippen molar-refractivity contribution in [3.05, 3.63) is 48.0 Å². The van der Waals surface area contributed by atoms with Gasteiger partial charge in [-0.15, -0.1) is 0 Å². The first-order valence-corrected chi connectivity index (χ1v) is 13.7. The zero-order chi connectivity index (χ0) is 23.3. The monoisotopic (exact) mass is 476 g/mol. The molecule has 176 valence electrons. The highest BCUT2D eigenvalue weighted by Gasteiger charge is 2.31. The maximum Gasteiger partial charge on any atom is 0.235 e. The van der Waals surface area contributed by atoms with Gasteiger partial charge in [0, 0.05) is 36.7 Å². The second-order valence-corrected chi connectivity index (χ2v) is 11.4. The highest BCUT2D eigenvalue weighted by molar-refractivity contribution is 7.92. The van der Waals surface area contributed by atoms with Crippen molar-refractivity contribution in [3.63, 3.8) is 0 Å². The Labute approximate surface area is 200 Å². The summed E-state index contributed by atoms with van der Waals surface area (Å²) < 4.78 is 34.4. The fourth-order valence-electron chi connectivity index (χ4n) is 5.29. The average molecular weight is 477 g/mol. The van der Waals surface area contributed by atoms with Crippen molar-refractivity contribution >= 4 is 32.3 Å². The Kier molecular flexibility index (Phi) is 5.27. The summed E-state index contributed by atoms with van der Waals surface area (Å²) in [6, 6.07) is 17.0. The molecule has 7 nitrogen and oxygen atoms in total. The van der Waals surface area contributed by atoms with Gasteiger partial charge >= 0.3 is 0 Å². The molecule has 3 aliphatic rings. The van der Waals surface area contributed by atoms with E-state index < -0.39 is 10.0 Å². The van der Waals surface area contributed by atoms with Crippen LogP contribution in [0.25, 0.3) is 22.2 Å². The van der Waals surface area contributed by atoms with E-state index in [4.69, 9.17) is 4.74 Å². The van der Waals surface area contributed by atoms with Gasteiger partial charge in [0.25, 0.3) is 0 Å². The number of rotatable bonds is 4. The second-order valence-electron chi connectivity index (χ2n) is 9.38. The van der Waals surface area contributed by atoms with E-state index in [2.05, 4.69) is 33.7 Å². The molecule has 3 heterocycles. The van der Waals surface area contributed by atoms with Crippen LogP contribution >= 0.6 is 0 Å². The highest BCUT2D eigenvalue weighted by atomic mass is 32.2. The summed E-state index contributed by atoms with van der Waals surface area (Å²) in [5.74, 6) is 0.203. The van der Waals surface area contributed by atoms with Crippen molar-refractivity contribution in [2.75, 3.05) is 47.8 Å². The molecular weight excluding hydrogens is 448 g/mol. The number of ether oxygens (including phenoxy) is 1. The molecule has 34 heavy (non-hydrogen) atoms. The van der Waals surface area contributed by atoms with Gasteiger partial charge in [-0.2, -0.15) is 5.26 Å². The minimum Gasteiger partial charge on any atom is -0.378 e. The molecule has 2 aliphatic heterocycles. The van der Waals surface area contributed by atoms with Gasteiger partial charge in [-0.3, -0.25) is 4.31 Å². The lowest BCUT2D eigenvalue weighted by molar-refractivity contribution is 0.122. The standard InChI is InChI=1S/C26H28N4O3S/c27-18-24-23-10-9-22(28-12-14-33-15-13-28)17-25(23)30(21-7-8-21)26(24)19-3-5-20(6-4-19)29-11-1-2-16-34(29,31)32/h3-6,9-10,17,21H,1-2,7-8,11-16H2. The molecular formula is C26H28N4O3S. The summed E-state index contributed by atoms with van der Waals surface area (Å²) in [6.07, 6.45) is 3.80. The van der Waals surface area contributed by atoms with E-state index in [0.29, 0.717) is 23.8 Å². The van der Waals surface area contributed by atoms with Crippen LogP contribution in [0.4, 0.5) is 11.4 Å². The van der Waals surface area contributed by atoms with Gasteiger partial charge in [0.15, 0.2) is 0 Å². The first-order chi connectivity index (χ1) is 16.6. The third-order valence-electron chi connectivity index (χ3n) is 7.17. The number of hydrogen-bond acceptors (Lipinski definition) is 5. The van der Waals surface area contributed by atoms with E-state index in [-0.39, 0.29) is 5.75 Å². The van der Waals surface area contributed by atoms with E-state index in [1.807, 2.05) is 24.3 Å². The van der Waals surface area contributed by atoms with E-state index in [1.54, 1.807) is 0 Å². The molecule has 0 atom stereocenters. The summed E-state index contributed by atoms with van der Waals surface area (Å²) in [5, 5.41) is 11.1. The van der Waals surface area contributed by atoms with Crippen LogP contribution in [-0.4, -0.2) is 51.6 Å². The third-order valence-corrected chi connectivity index (χ3v) is 9.04. The zero-order valence-corrected chi connectivity index (χ0v) is 19.9. The van der Waals surface area contributed by atoms with Gasteiger partial charge in [-0.25, -0.2) is 8.42 Å². The Bertz CT molecular complexity index is 1380. The fourth-order valence-corrected chi connectivity index (χ4v) is 6.93. The average Bonchev–Trinajstić information content (AvgIpc) is 3.65. The molecule has 0 unspecified atom stereocenters. The van der Waals surface area contributed by atoms with Gasteiger partial charge in [-0.1, -0.05) is 12.1 Å². The molecule has 0 N–H and O–H groups in total. The molecule has 1 saturated carbocycles. The topological polar surface area (TPSA) is 78.6 Å². The molecule has 3 aromatic rings. The van der Waals surface area contributed by atoms with E-state index >= 15 is 0 Å². The molecule has 0 bridgehead atoms. The van der Waals surface area contributed by atoms with Crippen molar-refractivity contribution in [1.29, 1.82) is 5.26 Å². The molecule has 2 aromatic carbocycles. The lowest BCUT2D eigenvalue weighted by Gasteiger charge is -2.29.